The maximum atomic E-state index is 10.9. The van der Waals surface area contributed by atoms with Gasteiger partial charge < -0.3 is 34.3 Å². The van der Waals surface area contributed by atoms with Gasteiger partial charge in [0.2, 0.25) is 5.91 Å². The molecule has 1 fully saturated rings. The van der Waals surface area contributed by atoms with Crippen LogP contribution in [0.3, 0.4) is 0 Å². The number of hydrogen-bond donors (Lipinski definition) is 6. The second-order valence-electron chi connectivity index (χ2n) is 5.50. The van der Waals surface area contributed by atoms with Gasteiger partial charge in [0.15, 0.2) is 0 Å². The highest BCUT2D eigenvalue weighted by molar-refractivity contribution is 8.06. The topological polar surface area (TPSA) is 142 Å². The molecule has 0 saturated carbocycles. The van der Waals surface area contributed by atoms with Crippen LogP contribution in [0, 0.1) is 0 Å². The molecule has 0 aromatic heterocycles. The van der Waals surface area contributed by atoms with Crippen LogP contribution < -0.4 is 0 Å². The number of hydrogen-bond acceptors (Lipinski definition) is 3. The van der Waals surface area contributed by atoms with Gasteiger partial charge in [0.05, 0.1) is 0 Å². The molecule has 0 radical (unpaired) electrons. The zero-order chi connectivity index (χ0) is 22.0. The summed E-state index contributed by atoms with van der Waals surface area (Å²) in [5.41, 5.74) is 0. The van der Waals surface area contributed by atoms with Crippen LogP contribution in [0.25, 0.3) is 0 Å². The van der Waals surface area contributed by atoms with E-state index in [-0.39, 0.29) is 5.91 Å². The summed E-state index contributed by atoms with van der Waals surface area (Å²) in [6, 6.07) is 0.478. The summed E-state index contributed by atoms with van der Waals surface area (Å²) < 4.78 is 0. The van der Waals surface area contributed by atoms with Gasteiger partial charge in [-0.3, -0.25) is 4.79 Å². The predicted octanol–water partition coefficient (Wildman–Crippen LogP) is 2.62. The van der Waals surface area contributed by atoms with Crippen LogP contribution in [0.5, 0.6) is 0 Å². The fourth-order valence-electron chi connectivity index (χ4n) is 1.57. The number of carbonyl (C=O) groups excluding carboxylic acids is 1. The lowest BCUT2D eigenvalue weighted by Gasteiger charge is -2.32. The van der Waals surface area contributed by atoms with E-state index < -0.39 is 13.4 Å². The van der Waals surface area contributed by atoms with Crippen molar-refractivity contribution in [3.8, 4) is 0 Å². The van der Waals surface area contributed by atoms with Crippen LogP contribution in [0.2, 0.25) is 0 Å². The number of amides is 1. The summed E-state index contributed by atoms with van der Waals surface area (Å²) in [6.45, 7) is 5.64. The lowest BCUT2D eigenvalue weighted by Crippen LogP contribution is -2.40. The summed E-state index contributed by atoms with van der Waals surface area (Å²) in [6.07, 6.45) is 6.15. The van der Waals surface area contributed by atoms with Crippen molar-refractivity contribution in [2.24, 2.45) is 0 Å². The van der Waals surface area contributed by atoms with E-state index in [0.29, 0.717) is 6.04 Å². The highest BCUT2D eigenvalue weighted by atomic mass is 32.5. The van der Waals surface area contributed by atoms with Gasteiger partial charge in [-0.25, -0.2) is 0 Å². The van der Waals surface area contributed by atoms with E-state index >= 15 is 0 Å². The predicted molar refractivity (Wildman–Crippen MR) is 115 cm³/mol. The minimum Gasteiger partial charge on any atom is -0.340 e. The Kier molecular flexibility index (Phi) is 26.6. The Bertz CT molecular complexity index is 378. The molecule has 12 heteroatoms. The summed E-state index contributed by atoms with van der Waals surface area (Å²) in [5, 5.41) is 0. The summed E-state index contributed by atoms with van der Waals surface area (Å²) in [4.78, 5) is 58.2. The van der Waals surface area contributed by atoms with Crippen LogP contribution in [-0.4, -0.2) is 52.8 Å². The third kappa shape index (κ3) is 56.3. The van der Waals surface area contributed by atoms with E-state index in [1.807, 2.05) is 4.90 Å². The van der Waals surface area contributed by atoms with E-state index in [1.165, 1.54) is 32.1 Å². The molecule has 0 aliphatic carbocycles. The molecule has 6 N–H and O–H groups in total. The molecule has 1 unspecified atom stereocenters. The van der Waals surface area contributed by atoms with E-state index in [1.54, 1.807) is 6.92 Å². The lowest BCUT2D eigenvalue weighted by atomic mass is 10.0. The van der Waals surface area contributed by atoms with Crippen molar-refractivity contribution in [1.29, 1.82) is 0 Å². The fourth-order valence-corrected chi connectivity index (χ4v) is 1.57. The van der Waals surface area contributed by atoms with Crippen LogP contribution in [0.15, 0.2) is 0 Å². The van der Waals surface area contributed by atoms with Crippen LogP contribution in [0.1, 0.15) is 73.6 Å². The van der Waals surface area contributed by atoms with Gasteiger partial charge in [0, 0.05) is 19.5 Å². The zero-order valence-electron chi connectivity index (χ0n) is 16.6. The van der Waals surface area contributed by atoms with Gasteiger partial charge in [0.1, 0.15) is 0 Å². The lowest BCUT2D eigenvalue weighted by molar-refractivity contribution is -0.131. The number of piperidine rings is 1. The van der Waals surface area contributed by atoms with Gasteiger partial charge in [-0.15, -0.1) is 0 Å². The van der Waals surface area contributed by atoms with Crippen molar-refractivity contribution in [3.63, 3.8) is 0 Å². The molecule has 1 aliphatic rings. The van der Waals surface area contributed by atoms with E-state index in [2.05, 4.69) is 58.2 Å². The van der Waals surface area contributed by atoms with Gasteiger partial charge in [-0.1, -0.05) is 40.5 Å². The maximum absolute atomic E-state index is 10.9. The minimum absolute atomic E-state index is 0.229. The zero-order valence-corrected chi connectivity index (χ0v) is 20.0. The molecule has 1 atom stereocenters. The van der Waals surface area contributed by atoms with Gasteiger partial charge in [-0.2, -0.15) is 0 Å². The molecular weight excluding hydrogens is 420 g/mol. The molecular formula is C14H37NO7P2S2. The van der Waals surface area contributed by atoms with Crippen molar-refractivity contribution in [2.45, 2.75) is 79.7 Å². The Hall–Kier alpha value is 0.530. The van der Waals surface area contributed by atoms with Crippen molar-refractivity contribution < 1.29 is 34.2 Å². The first-order valence-electron chi connectivity index (χ1n) is 8.38. The van der Waals surface area contributed by atoms with Gasteiger partial charge in [-0.05, 0) is 49.8 Å². The van der Waals surface area contributed by atoms with E-state index in [0.717, 1.165) is 6.54 Å². The second kappa shape index (κ2) is 20.3. The highest BCUT2D eigenvalue weighted by Crippen LogP contribution is 2.27. The summed E-state index contributed by atoms with van der Waals surface area (Å²) >= 11 is 7.21. The normalized spacial score (nSPS) is 16.2. The Morgan fingerprint density at radius 2 is 1.19 bits per heavy atom. The maximum Gasteiger partial charge on any atom is 0.319 e. The summed E-state index contributed by atoms with van der Waals surface area (Å²) in [7, 11) is 0. The Balaban J connectivity index is -0.000000130. The first-order chi connectivity index (χ1) is 11.5. The quantitative estimate of drug-likeness (QED) is 0.303. The van der Waals surface area contributed by atoms with E-state index in [9.17, 15) is 4.79 Å². The standard InChI is InChI=1S/C8H15NO.2C3H8.2H3O3PS/c1-7-5-3-4-6-9(7)8(2)10;2*1-3-2;2*1-4(2,3)5/h7H,3-6H2,1-2H3;2*3H2,1-2H3;2*(H3,1,2,3,5). The molecule has 0 bridgehead atoms. The van der Waals surface area contributed by atoms with E-state index in [4.69, 9.17) is 29.4 Å². The Morgan fingerprint density at radius 3 is 1.35 bits per heavy atom. The van der Waals surface area contributed by atoms with Crippen molar-refractivity contribution in [2.75, 3.05) is 6.54 Å². The Morgan fingerprint density at radius 1 is 0.923 bits per heavy atom. The van der Waals surface area contributed by atoms with Crippen molar-refractivity contribution >= 4 is 43.0 Å². The van der Waals surface area contributed by atoms with Crippen molar-refractivity contribution in [1.82, 2.24) is 4.90 Å². The Labute approximate surface area is 168 Å². The largest absolute Gasteiger partial charge is 0.340 e. The molecule has 8 nitrogen and oxygen atoms in total. The average Bonchev–Trinajstić information content (AvgIpc) is 2.36. The molecule has 1 saturated heterocycles. The third-order valence-corrected chi connectivity index (χ3v) is 2.21. The monoisotopic (exact) mass is 457 g/mol. The molecule has 1 heterocycles. The molecule has 1 rings (SSSR count). The van der Waals surface area contributed by atoms with Crippen LogP contribution >= 0.6 is 13.4 Å². The molecule has 162 valence electrons. The van der Waals surface area contributed by atoms with Gasteiger partial charge in [0.25, 0.3) is 0 Å². The first kappa shape index (κ1) is 34.1. The number of rotatable bonds is 0. The number of carbonyl (C=O) groups is 1. The van der Waals surface area contributed by atoms with Gasteiger partial charge >= 0.3 is 13.4 Å². The number of nitrogens with zero attached hydrogens (tertiary/aromatic N) is 1. The minimum atomic E-state index is -3.81. The molecule has 1 amide bonds. The average molecular weight is 458 g/mol. The van der Waals surface area contributed by atoms with Crippen LogP contribution in [-0.2, 0) is 28.4 Å². The molecule has 0 aromatic carbocycles. The number of likely N-dealkylation sites (tertiary alicyclic amines) is 1. The van der Waals surface area contributed by atoms with Crippen molar-refractivity contribution in [3.05, 3.63) is 0 Å². The third-order valence-electron chi connectivity index (χ3n) is 2.21. The SMILES string of the molecule is CC(=O)N1CCCCC1C.CCC.CCC.OP(O)(O)=S.OP(O)(O)=S. The molecule has 1 aliphatic heterocycles. The fraction of sp³-hybridized carbons (Fsp3) is 0.929. The molecule has 0 spiro atoms. The second-order valence-corrected chi connectivity index (χ2v) is 10.5. The first-order valence-corrected chi connectivity index (χ1v) is 13.7. The smallest absolute Gasteiger partial charge is 0.319 e. The summed E-state index contributed by atoms with van der Waals surface area (Å²) in [5.74, 6) is 0.229. The highest BCUT2D eigenvalue weighted by Gasteiger charge is 2.19. The molecule has 0 aromatic rings. The molecule has 26 heavy (non-hydrogen) atoms. The van der Waals surface area contributed by atoms with Crippen LogP contribution in [0.4, 0.5) is 0 Å².